The Morgan fingerprint density at radius 1 is 0.938 bits per heavy atom. The van der Waals surface area contributed by atoms with E-state index in [0.29, 0.717) is 12.5 Å². The number of fused-ring (bicyclic) bond motifs is 1. The summed E-state index contributed by atoms with van der Waals surface area (Å²) in [5, 5.41) is 12.9. The first-order chi connectivity index (χ1) is 15.7. The highest BCUT2D eigenvalue weighted by atomic mass is 16.7. The third kappa shape index (κ3) is 4.41. The highest BCUT2D eigenvalue weighted by Gasteiger charge is 2.30. The number of anilines is 1. The van der Waals surface area contributed by atoms with Crippen LogP contribution in [0.1, 0.15) is 37.7 Å². The lowest BCUT2D eigenvalue weighted by atomic mass is 10.0. The van der Waals surface area contributed by atoms with Gasteiger partial charge in [0.2, 0.25) is 6.79 Å². The molecule has 168 valence electrons. The van der Waals surface area contributed by atoms with Crippen LogP contribution in [0.3, 0.4) is 0 Å². The molecule has 0 saturated carbocycles. The van der Waals surface area contributed by atoms with Gasteiger partial charge in [0.05, 0.1) is 12.6 Å². The highest BCUT2D eigenvalue weighted by molar-refractivity contribution is 5.46. The number of nitrogens with zero attached hydrogens (tertiary/aromatic N) is 6. The van der Waals surface area contributed by atoms with Crippen molar-refractivity contribution in [1.29, 1.82) is 0 Å². The van der Waals surface area contributed by atoms with Gasteiger partial charge in [-0.1, -0.05) is 38.1 Å². The van der Waals surface area contributed by atoms with Crippen LogP contribution in [0, 0.1) is 5.92 Å². The largest absolute Gasteiger partial charge is 0.454 e. The summed E-state index contributed by atoms with van der Waals surface area (Å²) in [6, 6.07) is 16.9. The fourth-order valence-electron chi connectivity index (χ4n) is 4.57. The molecule has 32 heavy (non-hydrogen) atoms. The van der Waals surface area contributed by atoms with Gasteiger partial charge in [-0.3, -0.25) is 4.90 Å². The van der Waals surface area contributed by atoms with Crippen molar-refractivity contribution in [1.82, 2.24) is 25.1 Å². The molecule has 0 radical (unpaired) electrons. The second-order valence-corrected chi connectivity index (χ2v) is 8.89. The topological polar surface area (TPSA) is 68.5 Å². The number of benzene rings is 2. The molecule has 0 bridgehead atoms. The summed E-state index contributed by atoms with van der Waals surface area (Å²) in [5.74, 6) is 3.06. The van der Waals surface area contributed by atoms with E-state index in [9.17, 15) is 0 Å². The number of para-hydroxylation sites is 1. The Morgan fingerprint density at radius 2 is 1.72 bits per heavy atom. The first-order valence-corrected chi connectivity index (χ1v) is 11.4. The van der Waals surface area contributed by atoms with Gasteiger partial charge in [0.1, 0.15) is 0 Å². The summed E-state index contributed by atoms with van der Waals surface area (Å²) in [5.41, 5.74) is 2.39. The minimum atomic E-state index is 0.192. The van der Waals surface area contributed by atoms with Crippen molar-refractivity contribution in [2.24, 2.45) is 5.92 Å². The van der Waals surface area contributed by atoms with Crippen molar-refractivity contribution in [2.45, 2.75) is 32.9 Å². The van der Waals surface area contributed by atoms with Gasteiger partial charge < -0.3 is 14.4 Å². The maximum atomic E-state index is 5.53. The van der Waals surface area contributed by atoms with Gasteiger partial charge in [0, 0.05) is 31.9 Å². The SMILES string of the molecule is CC(C)C[C@@H](c1nnnn1Cc1ccc2c(c1)OCO2)N1CCN(c2ccccc2)CC1. The smallest absolute Gasteiger partial charge is 0.231 e. The molecular weight excluding hydrogens is 404 g/mol. The van der Waals surface area contributed by atoms with E-state index in [0.717, 1.165) is 55.5 Å². The van der Waals surface area contributed by atoms with Gasteiger partial charge >= 0.3 is 0 Å². The van der Waals surface area contributed by atoms with Crippen molar-refractivity contribution < 1.29 is 9.47 Å². The molecule has 0 aliphatic carbocycles. The van der Waals surface area contributed by atoms with E-state index >= 15 is 0 Å². The van der Waals surface area contributed by atoms with Gasteiger partial charge in [-0.05, 0) is 52.6 Å². The molecule has 0 spiro atoms. The molecule has 2 aliphatic rings. The molecule has 5 rings (SSSR count). The van der Waals surface area contributed by atoms with Gasteiger partial charge in [0.25, 0.3) is 0 Å². The zero-order valence-corrected chi connectivity index (χ0v) is 18.7. The highest BCUT2D eigenvalue weighted by Crippen LogP contribution is 2.33. The van der Waals surface area contributed by atoms with Gasteiger partial charge in [-0.2, -0.15) is 0 Å². The summed E-state index contributed by atoms with van der Waals surface area (Å²) >= 11 is 0. The number of hydrogen-bond acceptors (Lipinski definition) is 7. The second-order valence-electron chi connectivity index (χ2n) is 8.89. The van der Waals surface area contributed by atoms with Crippen LogP contribution in [0.2, 0.25) is 0 Å². The molecule has 0 unspecified atom stereocenters. The Hall–Kier alpha value is -3.13. The molecule has 1 atom stereocenters. The van der Waals surface area contributed by atoms with Gasteiger partial charge in [-0.15, -0.1) is 5.10 Å². The summed E-state index contributed by atoms with van der Waals surface area (Å²) in [6.45, 7) is 9.40. The standard InChI is InChI=1S/C24H30N6O2/c1-18(2)14-21(29-12-10-28(11-13-29)20-6-4-3-5-7-20)24-25-26-27-30(24)16-19-8-9-22-23(15-19)32-17-31-22/h3-9,15,18,21H,10-14,16-17H2,1-2H3/t21-/m0/s1. The van der Waals surface area contributed by atoms with E-state index in [1.807, 2.05) is 16.8 Å². The molecule has 1 saturated heterocycles. The van der Waals surface area contributed by atoms with E-state index in [1.165, 1.54) is 5.69 Å². The number of ether oxygens (including phenoxy) is 2. The van der Waals surface area contributed by atoms with Crippen LogP contribution in [0.5, 0.6) is 11.5 Å². The lowest BCUT2D eigenvalue weighted by molar-refractivity contribution is 0.153. The Kier molecular flexibility index (Phi) is 5.94. The van der Waals surface area contributed by atoms with E-state index in [1.54, 1.807) is 0 Å². The van der Waals surface area contributed by atoms with E-state index < -0.39 is 0 Å². The normalized spacial score (nSPS) is 17.2. The van der Waals surface area contributed by atoms with Gasteiger partial charge in [-0.25, -0.2) is 4.68 Å². The first-order valence-electron chi connectivity index (χ1n) is 11.4. The fourth-order valence-corrected chi connectivity index (χ4v) is 4.57. The van der Waals surface area contributed by atoms with E-state index in [2.05, 4.69) is 75.6 Å². The van der Waals surface area contributed by atoms with E-state index in [-0.39, 0.29) is 12.8 Å². The van der Waals surface area contributed by atoms with Crippen molar-refractivity contribution in [3.8, 4) is 11.5 Å². The van der Waals surface area contributed by atoms with Crippen molar-refractivity contribution >= 4 is 5.69 Å². The maximum absolute atomic E-state index is 5.53. The van der Waals surface area contributed by atoms with Crippen molar-refractivity contribution in [3.05, 3.63) is 59.9 Å². The summed E-state index contributed by atoms with van der Waals surface area (Å²) in [4.78, 5) is 5.00. The lowest BCUT2D eigenvalue weighted by Crippen LogP contribution is -2.48. The van der Waals surface area contributed by atoms with Crippen molar-refractivity contribution in [2.75, 3.05) is 37.9 Å². The van der Waals surface area contributed by atoms with Crippen LogP contribution in [-0.2, 0) is 6.54 Å². The molecule has 8 heteroatoms. The molecule has 1 aromatic heterocycles. The predicted octanol–water partition coefficient (Wildman–Crippen LogP) is 3.36. The zero-order valence-electron chi connectivity index (χ0n) is 18.7. The molecule has 0 amide bonds. The van der Waals surface area contributed by atoms with Crippen molar-refractivity contribution in [3.63, 3.8) is 0 Å². The number of rotatable bonds is 7. The number of hydrogen-bond donors (Lipinski definition) is 0. The number of piperazine rings is 1. The second kappa shape index (κ2) is 9.16. The van der Waals surface area contributed by atoms with Crippen LogP contribution < -0.4 is 14.4 Å². The maximum Gasteiger partial charge on any atom is 0.231 e. The molecule has 3 heterocycles. The summed E-state index contributed by atoms with van der Waals surface area (Å²) in [7, 11) is 0. The minimum absolute atomic E-state index is 0.192. The third-order valence-electron chi connectivity index (χ3n) is 6.20. The molecule has 8 nitrogen and oxygen atoms in total. The Bertz CT molecular complexity index is 1030. The Balaban J connectivity index is 1.33. The Labute approximate surface area is 188 Å². The monoisotopic (exact) mass is 434 g/mol. The van der Waals surface area contributed by atoms with Gasteiger partial charge in [0.15, 0.2) is 17.3 Å². The Morgan fingerprint density at radius 3 is 2.50 bits per heavy atom. The molecular formula is C24H30N6O2. The number of tetrazole rings is 1. The lowest BCUT2D eigenvalue weighted by Gasteiger charge is -2.40. The predicted molar refractivity (Wildman–Crippen MR) is 122 cm³/mol. The summed E-state index contributed by atoms with van der Waals surface area (Å²) in [6.07, 6.45) is 1.02. The average molecular weight is 435 g/mol. The first kappa shape index (κ1) is 20.8. The summed E-state index contributed by atoms with van der Waals surface area (Å²) < 4.78 is 12.9. The van der Waals surface area contributed by atoms with Crippen LogP contribution >= 0.6 is 0 Å². The molecule has 0 N–H and O–H groups in total. The number of aromatic nitrogens is 4. The molecule has 1 fully saturated rings. The van der Waals surface area contributed by atoms with Crippen LogP contribution in [0.15, 0.2) is 48.5 Å². The third-order valence-corrected chi connectivity index (χ3v) is 6.20. The average Bonchev–Trinajstić information content (AvgIpc) is 3.47. The molecule has 2 aromatic carbocycles. The van der Waals surface area contributed by atoms with Crippen LogP contribution in [-0.4, -0.2) is 58.1 Å². The minimum Gasteiger partial charge on any atom is -0.454 e. The quantitative estimate of drug-likeness (QED) is 0.565. The molecule has 2 aliphatic heterocycles. The molecule has 3 aromatic rings. The fraction of sp³-hybridized carbons (Fsp3) is 0.458. The zero-order chi connectivity index (χ0) is 21.9. The van der Waals surface area contributed by atoms with Crippen LogP contribution in [0.25, 0.3) is 0 Å². The van der Waals surface area contributed by atoms with Crippen LogP contribution in [0.4, 0.5) is 5.69 Å². The van der Waals surface area contributed by atoms with E-state index in [4.69, 9.17) is 9.47 Å².